The first-order valence-corrected chi connectivity index (χ1v) is 8.70. The molecule has 0 spiro atoms. The predicted molar refractivity (Wildman–Crippen MR) is 102 cm³/mol. The minimum Gasteiger partial charge on any atom is -0.406 e. The van der Waals surface area contributed by atoms with Crippen molar-refractivity contribution in [3.05, 3.63) is 54.9 Å². The monoisotopic (exact) mass is 405 g/mol. The van der Waals surface area contributed by atoms with E-state index in [-0.39, 0.29) is 12.4 Å². The first kappa shape index (κ1) is 20.3. The Hall–Kier alpha value is -3.40. The maximum atomic E-state index is 12.4. The van der Waals surface area contributed by atoms with Crippen LogP contribution >= 0.6 is 0 Å². The number of anilines is 3. The van der Waals surface area contributed by atoms with Crippen molar-refractivity contribution < 1.29 is 23.0 Å². The summed E-state index contributed by atoms with van der Waals surface area (Å²) >= 11 is 0. The number of alkyl halides is 3. The van der Waals surface area contributed by atoms with Crippen molar-refractivity contribution in [3.8, 4) is 17.0 Å². The number of aliphatic hydroxyl groups is 1. The number of rotatable bonds is 8. The topological polar surface area (TPSA) is 92.2 Å². The van der Waals surface area contributed by atoms with Gasteiger partial charge in [0.25, 0.3) is 0 Å². The summed E-state index contributed by atoms with van der Waals surface area (Å²) in [5, 5.41) is 14.9. The Morgan fingerprint density at radius 2 is 1.93 bits per heavy atom. The van der Waals surface area contributed by atoms with Gasteiger partial charge in [0.05, 0.1) is 5.69 Å². The second-order valence-electron chi connectivity index (χ2n) is 5.91. The number of hydrogen-bond acceptors (Lipinski definition) is 7. The second-order valence-corrected chi connectivity index (χ2v) is 5.91. The van der Waals surface area contributed by atoms with Gasteiger partial charge in [-0.25, -0.2) is 4.98 Å². The van der Waals surface area contributed by atoms with Crippen molar-refractivity contribution in [3.63, 3.8) is 0 Å². The molecule has 0 amide bonds. The summed E-state index contributed by atoms with van der Waals surface area (Å²) < 4.78 is 41.3. The first-order chi connectivity index (χ1) is 13.9. The Labute approximate surface area is 164 Å². The summed E-state index contributed by atoms with van der Waals surface area (Å²) in [7, 11) is 0. The Morgan fingerprint density at radius 1 is 1.07 bits per heavy atom. The number of aromatic nitrogens is 3. The summed E-state index contributed by atoms with van der Waals surface area (Å²) in [5.74, 6) is 0.338. The van der Waals surface area contributed by atoms with Crippen LogP contribution in [0.5, 0.6) is 5.75 Å². The molecule has 0 saturated heterocycles. The molecule has 152 valence electrons. The third-order valence-corrected chi connectivity index (χ3v) is 3.64. The van der Waals surface area contributed by atoms with Crippen LogP contribution in [0.4, 0.5) is 30.6 Å². The Balaban J connectivity index is 1.87. The van der Waals surface area contributed by atoms with Crippen molar-refractivity contribution in [1.29, 1.82) is 0 Å². The van der Waals surface area contributed by atoms with E-state index in [9.17, 15) is 13.2 Å². The Morgan fingerprint density at radius 3 is 2.66 bits per heavy atom. The zero-order valence-corrected chi connectivity index (χ0v) is 15.1. The predicted octanol–water partition coefficient (Wildman–Crippen LogP) is 3.98. The maximum absolute atomic E-state index is 12.4. The van der Waals surface area contributed by atoms with Gasteiger partial charge in [-0.3, -0.25) is 4.98 Å². The van der Waals surface area contributed by atoms with Crippen LogP contribution in [-0.2, 0) is 0 Å². The molecule has 0 fully saturated rings. The Kier molecular flexibility index (Phi) is 6.45. The molecule has 10 heteroatoms. The van der Waals surface area contributed by atoms with E-state index in [2.05, 4.69) is 30.3 Å². The van der Waals surface area contributed by atoms with Gasteiger partial charge >= 0.3 is 6.36 Å². The van der Waals surface area contributed by atoms with Crippen LogP contribution in [0.1, 0.15) is 6.42 Å². The highest BCUT2D eigenvalue weighted by Crippen LogP contribution is 2.28. The molecule has 0 bridgehead atoms. The highest BCUT2D eigenvalue weighted by atomic mass is 19.4. The van der Waals surface area contributed by atoms with Gasteiger partial charge in [0.2, 0.25) is 5.95 Å². The lowest BCUT2D eigenvalue weighted by Crippen LogP contribution is -2.17. The summed E-state index contributed by atoms with van der Waals surface area (Å²) in [4.78, 5) is 12.8. The van der Waals surface area contributed by atoms with E-state index in [0.29, 0.717) is 36.1 Å². The molecule has 0 aliphatic rings. The minimum atomic E-state index is -4.77. The fourth-order valence-electron chi connectivity index (χ4n) is 2.45. The van der Waals surface area contributed by atoms with Crippen LogP contribution in [0, 0.1) is 0 Å². The third kappa shape index (κ3) is 6.32. The van der Waals surface area contributed by atoms with Crippen molar-refractivity contribution >= 4 is 17.5 Å². The van der Waals surface area contributed by atoms with Gasteiger partial charge in [-0.15, -0.1) is 13.2 Å². The molecule has 3 aromatic rings. The number of nitrogens with one attached hydrogen (secondary N) is 2. The Bertz CT molecular complexity index is 939. The van der Waals surface area contributed by atoms with Crippen molar-refractivity contribution in [1.82, 2.24) is 15.0 Å². The fraction of sp³-hybridized carbons (Fsp3) is 0.211. The van der Waals surface area contributed by atoms with Crippen LogP contribution in [0.25, 0.3) is 11.3 Å². The molecular weight excluding hydrogens is 387 g/mol. The molecule has 3 N–H and O–H groups in total. The highest BCUT2D eigenvalue weighted by molar-refractivity contribution is 5.67. The standard InChI is InChI=1S/C19H18F3N5O2/c20-19(21,22)29-15-6-1-5-14(10-15)25-17-11-16(13-4-2-7-23-12-13)26-18(27-17)24-8-3-9-28/h1-2,4-7,10-12,28H,3,8-9H2,(H2,24,25,26,27). The van der Waals surface area contributed by atoms with Crippen LogP contribution < -0.4 is 15.4 Å². The van der Waals surface area contributed by atoms with E-state index in [1.54, 1.807) is 30.6 Å². The van der Waals surface area contributed by atoms with Crippen molar-refractivity contribution in [2.75, 3.05) is 23.8 Å². The molecule has 2 heterocycles. The summed E-state index contributed by atoms with van der Waals surface area (Å²) in [5.41, 5.74) is 1.69. The van der Waals surface area contributed by atoms with Gasteiger partial charge < -0.3 is 20.5 Å². The highest BCUT2D eigenvalue weighted by Gasteiger charge is 2.31. The smallest absolute Gasteiger partial charge is 0.406 e. The molecule has 2 aromatic heterocycles. The molecule has 0 aliphatic carbocycles. The van der Waals surface area contributed by atoms with Gasteiger partial charge in [0.1, 0.15) is 11.6 Å². The lowest BCUT2D eigenvalue weighted by Gasteiger charge is -2.13. The normalized spacial score (nSPS) is 11.2. The average molecular weight is 405 g/mol. The molecule has 0 radical (unpaired) electrons. The summed E-state index contributed by atoms with van der Waals surface area (Å²) in [6.07, 6.45) is -0.983. The summed E-state index contributed by atoms with van der Waals surface area (Å²) in [6.45, 7) is 0.480. The van der Waals surface area contributed by atoms with E-state index in [1.165, 1.54) is 18.2 Å². The van der Waals surface area contributed by atoms with Gasteiger partial charge in [-0.1, -0.05) is 6.07 Å². The number of benzene rings is 1. The fourth-order valence-corrected chi connectivity index (χ4v) is 2.45. The van der Waals surface area contributed by atoms with E-state index >= 15 is 0 Å². The molecule has 1 aromatic carbocycles. The van der Waals surface area contributed by atoms with E-state index in [1.807, 2.05) is 6.07 Å². The molecule has 0 aliphatic heterocycles. The van der Waals surface area contributed by atoms with E-state index in [0.717, 1.165) is 5.56 Å². The SMILES string of the molecule is OCCCNc1nc(Nc2cccc(OC(F)(F)F)c2)cc(-c2cccnc2)n1. The van der Waals surface area contributed by atoms with E-state index < -0.39 is 6.36 Å². The third-order valence-electron chi connectivity index (χ3n) is 3.64. The van der Waals surface area contributed by atoms with Crippen LogP contribution in [0.2, 0.25) is 0 Å². The zero-order chi connectivity index (χ0) is 20.7. The summed E-state index contributed by atoms with van der Waals surface area (Å²) in [6, 6.07) is 10.7. The van der Waals surface area contributed by atoms with Gasteiger partial charge in [-0.05, 0) is 30.7 Å². The second kappa shape index (κ2) is 9.20. The van der Waals surface area contributed by atoms with Gasteiger partial charge in [0.15, 0.2) is 0 Å². The molecule has 0 saturated carbocycles. The first-order valence-electron chi connectivity index (χ1n) is 8.70. The molecular formula is C19H18F3N5O2. The molecule has 0 atom stereocenters. The lowest BCUT2D eigenvalue weighted by molar-refractivity contribution is -0.274. The average Bonchev–Trinajstić information content (AvgIpc) is 2.68. The maximum Gasteiger partial charge on any atom is 0.573 e. The lowest BCUT2D eigenvalue weighted by atomic mass is 10.2. The molecule has 29 heavy (non-hydrogen) atoms. The van der Waals surface area contributed by atoms with Crippen LogP contribution in [0.3, 0.4) is 0 Å². The molecule has 7 nitrogen and oxygen atoms in total. The number of aliphatic hydroxyl groups excluding tert-OH is 1. The van der Waals surface area contributed by atoms with Gasteiger partial charge in [0, 0.05) is 48.9 Å². The molecule has 0 unspecified atom stereocenters. The zero-order valence-electron chi connectivity index (χ0n) is 15.1. The van der Waals surface area contributed by atoms with Crippen LogP contribution in [-0.4, -0.2) is 39.6 Å². The number of halogens is 3. The number of pyridine rings is 1. The van der Waals surface area contributed by atoms with Crippen LogP contribution in [0.15, 0.2) is 54.9 Å². The number of nitrogens with zero attached hydrogens (tertiary/aromatic N) is 3. The number of hydrogen-bond donors (Lipinski definition) is 3. The minimum absolute atomic E-state index is 0.0202. The van der Waals surface area contributed by atoms with Gasteiger partial charge in [-0.2, -0.15) is 4.98 Å². The van der Waals surface area contributed by atoms with Crippen molar-refractivity contribution in [2.45, 2.75) is 12.8 Å². The van der Waals surface area contributed by atoms with Crippen molar-refractivity contribution in [2.24, 2.45) is 0 Å². The largest absolute Gasteiger partial charge is 0.573 e. The quantitative estimate of drug-likeness (QED) is 0.488. The van der Waals surface area contributed by atoms with E-state index in [4.69, 9.17) is 5.11 Å². The molecule has 3 rings (SSSR count). The number of ether oxygens (including phenoxy) is 1.